The summed E-state index contributed by atoms with van der Waals surface area (Å²) < 4.78 is 1.34. The molecule has 1 heterocycles. The second-order valence-corrected chi connectivity index (χ2v) is 7.62. The van der Waals surface area contributed by atoms with Gasteiger partial charge < -0.3 is 10.7 Å². The summed E-state index contributed by atoms with van der Waals surface area (Å²) in [6, 6.07) is 0. The first kappa shape index (κ1) is 24.8. The Kier molecular flexibility index (Phi) is 11.2. The van der Waals surface area contributed by atoms with Crippen molar-refractivity contribution in [2.24, 2.45) is 29.3 Å². The van der Waals surface area contributed by atoms with Crippen molar-refractivity contribution >= 4 is 11.7 Å². The first-order valence-corrected chi connectivity index (χ1v) is 9.46. The molecule has 8 nitrogen and oxygen atoms in total. The molecule has 0 radical (unpaired) electrons. The second-order valence-electron chi connectivity index (χ2n) is 7.62. The van der Waals surface area contributed by atoms with E-state index in [0.717, 1.165) is 12.1 Å². The molecule has 0 bridgehead atoms. The van der Waals surface area contributed by atoms with Crippen LogP contribution < -0.4 is 11.6 Å². The Labute approximate surface area is 162 Å². The Morgan fingerprint density at radius 1 is 1.19 bits per heavy atom. The fourth-order valence-corrected chi connectivity index (χ4v) is 2.20. The monoisotopic (exact) mass is 380 g/mol. The molecule has 0 unspecified atom stereocenters. The van der Waals surface area contributed by atoms with E-state index in [-0.39, 0.29) is 17.6 Å². The number of hydrazine groups is 1. The van der Waals surface area contributed by atoms with Gasteiger partial charge in [-0.2, -0.15) is 4.68 Å². The molecular formula is C19H36N6O2. The number of nitrogens with zero attached hydrogens (tertiary/aromatic N) is 4. The fraction of sp³-hybridized carbons (Fsp3) is 0.684. The molecule has 0 saturated heterocycles. The van der Waals surface area contributed by atoms with Crippen LogP contribution in [0.2, 0.25) is 0 Å². The van der Waals surface area contributed by atoms with Crippen molar-refractivity contribution < 1.29 is 9.59 Å². The van der Waals surface area contributed by atoms with Crippen LogP contribution in [-0.4, -0.2) is 38.2 Å². The van der Waals surface area contributed by atoms with E-state index in [0.29, 0.717) is 30.5 Å². The quantitative estimate of drug-likeness (QED) is 0.403. The molecule has 0 aliphatic carbocycles. The number of nitrogens with two attached hydrogens (primary N) is 2. The predicted molar refractivity (Wildman–Crippen MR) is 107 cm³/mol. The van der Waals surface area contributed by atoms with Gasteiger partial charge in [0.1, 0.15) is 5.70 Å². The highest BCUT2D eigenvalue weighted by Crippen LogP contribution is 2.06. The fourth-order valence-electron chi connectivity index (χ4n) is 2.20. The van der Waals surface area contributed by atoms with Crippen molar-refractivity contribution in [1.82, 2.24) is 20.0 Å². The maximum atomic E-state index is 11.5. The van der Waals surface area contributed by atoms with Crippen LogP contribution in [-0.2, 0) is 11.2 Å². The zero-order chi connectivity index (χ0) is 21.1. The molecule has 0 saturated carbocycles. The molecule has 4 N–H and O–H groups in total. The third-order valence-electron chi connectivity index (χ3n) is 3.51. The third-order valence-corrected chi connectivity index (χ3v) is 3.51. The van der Waals surface area contributed by atoms with E-state index in [1.807, 2.05) is 27.7 Å². The van der Waals surface area contributed by atoms with Gasteiger partial charge in [0.2, 0.25) is 0 Å². The number of hydrogen-bond donors (Lipinski definition) is 2. The van der Waals surface area contributed by atoms with E-state index in [9.17, 15) is 9.59 Å². The zero-order valence-electron chi connectivity index (χ0n) is 17.8. The molecule has 0 atom stereocenters. The van der Waals surface area contributed by atoms with E-state index < -0.39 is 0 Å². The Balaban J connectivity index is 0.000000503. The van der Waals surface area contributed by atoms with Gasteiger partial charge in [-0.1, -0.05) is 53.7 Å². The summed E-state index contributed by atoms with van der Waals surface area (Å²) in [5.41, 5.74) is 6.60. The van der Waals surface area contributed by atoms with E-state index >= 15 is 0 Å². The summed E-state index contributed by atoms with van der Waals surface area (Å²) in [7, 11) is 0. The largest absolute Gasteiger partial charge is 0.403 e. The lowest BCUT2D eigenvalue weighted by atomic mass is 10.1. The van der Waals surface area contributed by atoms with Crippen LogP contribution in [0.15, 0.2) is 18.1 Å². The van der Waals surface area contributed by atoms with Crippen LogP contribution in [0.3, 0.4) is 0 Å². The van der Waals surface area contributed by atoms with Crippen LogP contribution in [0.25, 0.3) is 0 Å². The lowest BCUT2D eigenvalue weighted by Crippen LogP contribution is -2.37. The predicted octanol–water partition coefficient (Wildman–Crippen LogP) is 2.37. The highest BCUT2D eigenvalue weighted by molar-refractivity contribution is 5.94. The van der Waals surface area contributed by atoms with Crippen molar-refractivity contribution in [3.63, 3.8) is 0 Å². The zero-order valence-corrected chi connectivity index (χ0v) is 17.8. The molecule has 0 fully saturated rings. The van der Waals surface area contributed by atoms with Crippen LogP contribution in [0, 0.1) is 17.8 Å². The number of aromatic nitrogens is 3. The van der Waals surface area contributed by atoms with Crippen molar-refractivity contribution in [3.8, 4) is 0 Å². The van der Waals surface area contributed by atoms with Gasteiger partial charge in [-0.3, -0.25) is 9.59 Å². The van der Waals surface area contributed by atoms with Crippen molar-refractivity contribution in [3.05, 3.63) is 23.8 Å². The molecule has 27 heavy (non-hydrogen) atoms. The van der Waals surface area contributed by atoms with Gasteiger partial charge in [-0.25, -0.2) is 5.84 Å². The molecule has 1 aromatic heterocycles. The molecule has 1 aromatic rings. The minimum absolute atomic E-state index is 0.00694. The summed E-state index contributed by atoms with van der Waals surface area (Å²) in [5.74, 6) is 6.55. The Morgan fingerprint density at radius 2 is 1.78 bits per heavy atom. The molecular weight excluding hydrogens is 344 g/mol. The average molecular weight is 381 g/mol. The minimum Gasteiger partial charge on any atom is -0.403 e. The number of ketones is 1. The lowest BCUT2D eigenvalue weighted by molar-refractivity contribution is -0.116. The number of Topliss-reactive ketones (excluding diaryl/α,β-unsaturated/α-hetero) is 1. The SMILES string of the molecule is CC(C)Cc1cn(C(=O)C(C)C)nn1.CCC(=O)/C(=C/N)N(N)CC(C)C. The van der Waals surface area contributed by atoms with Crippen molar-refractivity contribution in [2.45, 2.75) is 61.3 Å². The van der Waals surface area contributed by atoms with Crippen LogP contribution in [0.4, 0.5) is 0 Å². The summed E-state index contributed by atoms with van der Waals surface area (Å²) in [6.07, 6.45) is 4.29. The molecule has 8 heteroatoms. The average Bonchev–Trinajstić information content (AvgIpc) is 3.01. The molecule has 1 rings (SSSR count). The second kappa shape index (κ2) is 12.2. The topological polar surface area (TPSA) is 120 Å². The first-order valence-electron chi connectivity index (χ1n) is 9.46. The van der Waals surface area contributed by atoms with Gasteiger partial charge in [0.05, 0.1) is 11.9 Å². The number of carbonyl (C=O) groups is 2. The van der Waals surface area contributed by atoms with E-state index in [1.165, 1.54) is 15.9 Å². The van der Waals surface area contributed by atoms with Crippen molar-refractivity contribution in [2.75, 3.05) is 6.54 Å². The third kappa shape index (κ3) is 9.33. The van der Waals surface area contributed by atoms with E-state index in [1.54, 1.807) is 13.1 Å². The maximum absolute atomic E-state index is 11.5. The van der Waals surface area contributed by atoms with E-state index in [2.05, 4.69) is 24.2 Å². The molecule has 0 aliphatic heterocycles. The van der Waals surface area contributed by atoms with Crippen LogP contribution >= 0.6 is 0 Å². The molecule has 154 valence electrons. The maximum Gasteiger partial charge on any atom is 0.250 e. The number of allylic oxidation sites excluding steroid dienone is 1. The summed E-state index contributed by atoms with van der Waals surface area (Å²) in [5, 5.41) is 9.17. The smallest absolute Gasteiger partial charge is 0.250 e. The highest BCUT2D eigenvalue weighted by Gasteiger charge is 2.13. The summed E-state index contributed by atoms with van der Waals surface area (Å²) >= 11 is 0. The van der Waals surface area contributed by atoms with Crippen LogP contribution in [0.5, 0.6) is 0 Å². The Hall–Kier alpha value is -2.22. The van der Waals surface area contributed by atoms with Gasteiger partial charge in [0.15, 0.2) is 5.78 Å². The van der Waals surface area contributed by atoms with Gasteiger partial charge in [-0.05, 0) is 18.3 Å². The lowest BCUT2D eigenvalue weighted by Gasteiger charge is -2.22. The van der Waals surface area contributed by atoms with Gasteiger partial charge in [-0.15, -0.1) is 5.10 Å². The molecule has 0 aliphatic rings. The van der Waals surface area contributed by atoms with Gasteiger partial charge >= 0.3 is 0 Å². The molecule has 0 spiro atoms. The highest BCUT2D eigenvalue weighted by atomic mass is 16.2. The standard InChI is InChI=1S/C10H17N3O.C9H19N3O/c1-7(2)5-9-6-13(12-11-9)10(14)8(3)4;1-4-9(13)8(5-10)12(11)6-7(2)3/h6-8H,5H2,1-4H3;5,7H,4,6,10-11H2,1-3H3/b;8-5-. The number of carbonyl (C=O) groups excluding carboxylic acids is 2. The number of rotatable bonds is 8. The molecule has 0 amide bonds. The van der Waals surface area contributed by atoms with Crippen molar-refractivity contribution in [1.29, 1.82) is 0 Å². The number of hydrogen-bond acceptors (Lipinski definition) is 7. The van der Waals surface area contributed by atoms with Crippen LogP contribution in [0.1, 0.15) is 65.4 Å². The van der Waals surface area contributed by atoms with E-state index in [4.69, 9.17) is 11.6 Å². The Bertz CT molecular complexity index is 619. The van der Waals surface area contributed by atoms with Gasteiger partial charge in [0.25, 0.3) is 5.91 Å². The summed E-state index contributed by atoms with van der Waals surface area (Å²) in [4.78, 5) is 22.8. The minimum atomic E-state index is -0.0383. The first-order chi connectivity index (χ1) is 12.5. The summed E-state index contributed by atoms with van der Waals surface area (Å²) in [6.45, 7) is 14.4. The Morgan fingerprint density at radius 3 is 2.19 bits per heavy atom. The van der Waals surface area contributed by atoms with Gasteiger partial charge in [0, 0.05) is 25.1 Å². The normalized spacial score (nSPS) is 11.6. The molecule has 0 aromatic carbocycles.